The lowest BCUT2D eigenvalue weighted by Gasteiger charge is -2.28. The van der Waals surface area contributed by atoms with Gasteiger partial charge in [0.15, 0.2) is 0 Å². The molecule has 1 unspecified atom stereocenters. The number of thiophene rings is 1. The third-order valence-electron chi connectivity index (χ3n) is 7.98. The van der Waals surface area contributed by atoms with Crippen LogP contribution >= 0.6 is 11.3 Å². The van der Waals surface area contributed by atoms with Crippen molar-refractivity contribution in [3.05, 3.63) is 68.3 Å². The number of likely N-dealkylation sites (N-methyl/N-ethyl adjacent to an activating group) is 1. The average molecular weight is 531 g/mol. The summed E-state index contributed by atoms with van der Waals surface area (Å²) in [5.41, 5.74) is 4.43. The number of carbonyl (C=O) groups is 1. The van der Waals surface area contributed by atoms with Crippen LogP contribution in [0.5, 0.6) is 0 Å². The number of fused-ring (bicyclic) bond motifs is 2. The van der Waals surface area contributed by atoms with Gasteiger partial charge in [-0.2, -0.15) is 0 Å². The fourth-order valence-electron chi connectivity index (χ4n) is 5.75. The second kappa shape index (κ2) is 10.4. The summed E-state index contributed by atoms with van der Waals surface area (Å²) in [6.07, 6.45) is 6.15. The second-order valence-electron chi connectivity index (χ2n) is 10.6. The molecule has 6 rings (SSSR count). The Morgan fingerprint density at radius 1 is 1.16 bits per heavy atom. The molecule has 0 saturated carbocycles. The molecule has 9 heteroatoms. The van der Waals surface area contributed by atoms with Crippen LogP contribution < -0.4 is 10.5 Å². The summed E-state index contributed by atoms with van der Waals surface area (Å²) in [6.45, 7) is 6.97. The van der Waals surface area contributed by atoms with Gasteiger partial charge >= 0.3 is 0 Å². The van der Waals surface area contributed by atoms with E-state index in [4.69, 9.17) is 4.98 Å². The molecular formula is C29H34N6O2S. The monoisotopic (exact) mass is 530 g/mol. The number of pyridine rings is 1. The highest BCUT2D eigenvalue weighted by Crippen LogP contribution is 2.32. The number of anilines is 1. The molecule has 198 valence electrons. The topological polar surface area (TPSA) is 88.3 Å². The maximum atomic E-state index is 13.2. The molecule has 0 spiro atoms. The number of aromatic amines is 2. The lowest BCUT2D eigenvalue weighted by atomic mass is 10.1. The first-order valence-electron chi connectivity index (χ1n) is 13.5. The van der Waals surface area contributed by atoms with Gasteiger partial charge in [0.1, 0.15) is 11.4 Å². The summed E-state index contributed by atoms with van der Waals surface area (Å²) in [4.78, 5) is 45.1. The third kappa shape index (κ3) is 4.76. The number of hydrogen-bond acceptors (Lipinski definition) is 6. The maximum Gasteiger partial charge on any atom is 0.261 e. The number of carbonyl (C=O) groups excluding carboxylic acids is 1. The molecule has 0 aliphatic carbocycles. The molecule has 2 aliphatic heterocycles. The summed E-state index contributed by atoms with van der Waals surface area (Å²) in [5.74, 6) is 0.602. The number of amides is 1. The molecule has 2 aliphatic rings. The first-order valence-corrected chi connectivity index (χ1v) is 14.4. The van der Waals surface area contributed by atoms with Gasteiger partial charge in [-0.1, -0.05) is 6.07 Å². The lowest BCUT2D eigenvalue weighted by molar-refractivity contribution is 0.0772. The van der Waals surface area contributed by atoms with E-state index in [1.807, 2.05) is 30.1 Å². The summed E-state index contributed by atoms with van der Waals surface area (Å²) in [6, 6.07) is 10.2. The Labute approximate surface area is 226 Å². The van der Waals surface area contributed by atoms with Crippen molar-refractivity contribution in [1.29, 1.82) is 0 Å². The van der Waals surface area contributed by atoms with Crippen molar-refractivity contribution in [2.45, 2.75) is 45.2 Å². The van der Waals surface area contributed by atoms with Gasteiger partial charge in [0.05, 0.1) is 16.7 Å². The largest absolute Gasteiger partial charge is 0.371 e. The van der Waals surface area contributed by atoms with Crippen LogP contribution in [-0.2, 0) is 13.0 Å². The highest BCUT2D eigenvalue weighted by Gasteiger charge is 2.29. The molecule has 1 amide bonds. The number of rotatable bonds is 9. The lowest BCUT2D eigenvalue weighted by Crippen LogP contribution is -2.32. The third-order valence-corrected chi connectivity index (χ3v) is 8.88. The fourth-order valence-corrected chi connectivity index (χ4v) is 6.58. The zero-order valence-corrected chi connectivity index (χ0v) is 22.8. The molecule has 3 aromatic heterocycles. The van der Waals surface area contributed by atoms with Crippen molar-refractivity contribution < 1.29 is 4.79 Å². The number of nitrogens with zero attached hydrogens (tertiary/aromatic N) is 4. The van der Waals surface area contributed by atoms with Crippen molar-refractivity contribution in [2.24, 2.45) is 0 Å². The summed E-state index contributed by atoms with van der Waals surface area (Å²) >= 11 is 1.74. The molecule has 0 radical (unpaired) electrons. The molecule has 8 nitrogen and oxygen atoms in total. The minimum atomic E-state index is -0.190. The minimum absolute atomic E-state index is 0.0832. The van der Waals surface area contributed by atoms with Gasteiger partial charge in [-0.15, -0.1) is 11.3 Å². The van der Waals surface area contributed by atoms with Gasteiger partial charge in [-0.05, 0) is 81.0 Å². The van der Waals surface area contributed by atoms with E-state index < -0.39 is 0 Å². The van der Waals surface area contributed by atoms with E-state index in [0.29, 0.717) is 17.9 Å². The van der Waals surface area contributed by atoms with Crippen LogP contribution in [0.2, 0.25) is 0 Å². The zero-order valence-electron chi connectivity index (χ0n) is 22.0. The van der Waals surface area contributed by atoms with Gasteiger partial charge in [-0.25, -0.2) is 4.98 Å². The Morgan fingerprint density at radius 2 is 2.00 bits per heavy atom. The van der Waals surface area contributed by atoms with E-state index in [0.717, 1.165) is 53.8 Å². The van der Waals surface area contributed by atoms with Crippen molar-refractivity contribution in [2.75, 3.05) is 38.1 Å². The number of H-pyrrole nitrogens is 2. The fraction of sp³-hybridized carbons (Fsp3) is 0.414. The first-order chi connectivity index (χ1) is 18.5. The van der Waals surface area contributed by atoms with Crippen molar-refractivity contribution in [1.82, 2.24) is 24.8 Å². The summed E-state index contributed by atoms with van der Waals surface area (Å²) < 4.78 is 0. The highest BCUT2D eigenvalue weighted by atomic mass is 32.1. The molecule has 38 heavy (non-hydrogen) atoms. The number of likely N-dealkylation sites (tertiary alicyclic amines) is 1. The Hall–Kier alpha value is -3.43. The van der Waals surface area contributed by atoms with Gasteiger partial charge in [0.2, 0.25) is 0 Å². The van der Waals surface area contributed by atoms with E-state index >= 15 is 0 Å². The normalized spacial score (nSPS) is 16.5. The van der Waals surface area contributed by atoms with Crippen LogP contribution in [0.3, 0.4) is 0 Å². The molecule has 2 N–H and O–H groups in total. The maximum absolute atomic E-state index is 13.2. The Morgan fingerprint density at radius 3 is 2.79 bits per heavy atom. The van der Waals surface area contributed by atoms with Gasteiger partial charge in [-0.3, -0.25) is 9.59 Å². The Bertz CT molecular complexity index is 1500. The summed E-state index contributed by atoms with van der Waals surface area (Å²) in [5, 5.41) is 2.09. The quantitative estimate of drug-likeness (QED) is 0.333. The molecule has 1 saturated heterocycles. The first kappa shape index (κ1) is 24.9. The van der Waals surface area contributed by atoms with Gasteiger partial charge in [0.25, 0.3) is 11.5 Å². The van der Waals surface area contributed by atoms with E-state index in [2.05, 4.69) is 44.2 Å². The van der Waals surface area contributed by atoms with E-state index in [1.165, 1.54) is 30.8 Å². The molecule has 1 fully saturated rings. The van der Waals surface area contributed by atoms with E-state index in [-0.39, 0.29) is 17.5 Å². The minimum Gasteiger partial charge on any atom is -0.371 e. The molecule has 5 heterocycles. The highest BCUT2D eigenvalue weighted by molar-refractivity contribution is 7.09. The molecule has 1 atom stereocenters. The predicted molar refractivity (Wildman–Crippen MR) is 153 cm³/mol. The molecule has 4 aromatic rings. The molecule has 1 aromatic carbocycles. The van der Waals surface area contributed by atoms with Crippen LogP contribution in [0.1, 0.15) is 47.0 Å². The van der Waals surface area contributed by atoms with Gasteiger partial charge in [0, 0.05) is 49.2 Å². The van der Waals surface area contributed by atoms with Crippen molar-refractivity contribution in [3.63, 3.8) is 0 Å². The SMILES string of the molecule is CC(Cc1cccs1)N(C)c1cc[nH]c(=O)c1-c1nc2cc3c(cc2[nH]1)C(=O)N(CCCN1CCCC1)C3. The van der Waals surface area contributed by atoms with Crippen molar-refractivity contribution >= 4 is 34.0 Å². The van der Waals surface area contributed by atoms with Crippen LogP contribution in [0.4, 0.5) is 5.69 Å². The number of nitrogens with one attached hydrogen (secondary N) is 2. The Kier molecular flexibility index (Phi) is 6.80. The smallest absolute Gasteiger partial charge is 0.261 e. The average Bonchev–Trinajstić information content (AvgIpc) is 3.71. The standard InChI is InChI=1S/C29H34N6O2S/c1-19(15-21-7-5-14-38-21)33(2)25-8-9-30-28(36)26(25)27-31-23-16-20-18-35(13-6-12-34-10-3-4-11-34)29(37)22(20)17-24(23)32-27/h5,7-9,14,16-17,19H,3-4,6,10-13,15,18H2,1-2H3,(H,30,36)(H,31,32). The van der Waals surface area contributed by atoms with Crippen LogP contribution in [0.15, 0.2) is 46.7 Å². The number of hydrogen-bond donors (Lipinski definition) is 2. The van der Waals surface area contributed by atoms with E-state index in [9.17, 15) is 9.59 Å². The van der Waals surface area contributed by atoms with Gasteiger partial charge < -0.3 is 24.7 Å². The van der Waals surface area contributed by atoms with Crippen molar-refractivity contribution in [3.8, 4) is 11.4 Å². The van der Waals surface area contributed by atoms with Crippen LogP contribution in [0.25, 0.3) is 22.4 Å². The molecular weight excluding hydrogens is 496 g/mol. The summed E-state index contributed by atoms with van der Waals surface area (Å²) in [7, 11) is 2.02. The zero-order chi connectivity index (χ0) is 26.2. The predicted octanol–water partition coefficient (Wildman–Crippen LogP) is 4.49. The second-order valence-corrected chi connectivity index (χ2v) is 11.6. The number of imidazole rings is 1. The van der Waals surface area contributed by atoms with Crippen LogP contribution in [0, 0.1) is 0 Å². The number of aromatic nitrogens is 3. The Balaban J connectivity index is 1.23. The number of benzene rings is 1. The van der Waals surface area contributed by atoms with E-state index in [1.54, 1.807) is 17.5 Å². The molecule has 0 bridgehead atoms. The van der Waals surface area contributed by atoms with Crippen LogP contribution in [-0.4, -0.2) is 69.9 Å².